The van der Waals surface area contributed by atoms with Gasteiger partial charge < -0.3 is 9.13 Å². The lowest BCUT2D eigenvalue weighted by atomic mass is 9.82. The number of allylic oxidation sites excluding steroid dienone is 5. The van der Waals surface area contributed by atoms with Crippen molar-refractivity contribution in [2.75, 3.05) is 0 Å². The zero-order valence-corrected chi connectivity index (χ0v) is 51.5. The summed E-state index contributed by atoms with van der Waals surface area (Å²) in [5, 5.41) is 7.36. The molecule has 0 atom stereocenters. The van der Waals surface area contributed by atoms with E-state index in [1.54, 1.807) is 0 Å². The quantitative estimate of drug-likeness (QED) is 0.135. The zero-order chi connectivity index (χ0) is 61.0. The Kier molecular flexibility index (Phi) is 11.4. The SMILES string of the molecule is C=C/C=C\C1=C(C)C(C)(C)c2cc(-n3c4ccccc4c4cc(-c5ccc(-c6nc(-c7ccccc7)nc7c6-c6ccc(-c8ccc(-c9ccc%10c(c9)c9ccccc9n%10-c9ccc%10c(c9)C(C)(C)c9ccccc9-%10)cc8)c8cccc-7c68)cc5)ccc43)ccc21. The fourth-order valence-corrected chi connectivity index (χ4v) is 15.8. The molecule has 3 aliphatic carbocycles. The van der Waals surface area contributed by atoms with E-state index in [0.717, 1.165) is 44.8 Å². The molecule has 3 aliphatic rings. The second kappa shape index (κ2) is 19.6. The van der Waals surface area contributed by atoms with Crippen molar-refractivity contribution in [2.45, 2.75) is 45.4 Å². The molecule has 0 saturated heterocycles. The van der Waals surface area contributed by atoms with Crippen molar-refractivity contribution in [3.05, 3.63) is 307 Å². The maximum absolute atomic E-state index is 5.49. The lowest BCUT2D eigenvalue weighted by Crippen LogP contribution is -2.16. The third-order valence-corrected chi connectivity index (χ3v) is 20.7. The van der Waals surface area contributed by atoms with Gasteiger partial charge in [0.2, 0.25) is 0 Å². The van der Waals surface area contributed by atoms with Gasteiger partial charge in [-0.15, -0.1) is 0 Å². The van der Waals surface area contributed by atoms with Crippen LogP contribution in [-0.4, -0.2) is 19.1 Å². The molecule has 3 heterocycles. The van der Waals surface area contributed by atoms with Crippen molar-refractivity contribution in [2.24, 2.45) is 0 Å². The Morgan fingerprint density at radius 2 is 0.846 bits per heavy atom. The van der Waals surface area contributed by atoms with Crippen molar-refractivity contribution in [1.29, 1.82) is 0 Å². The fraction of sp³-hybridized carbons (Fsp3) is 0.0805. The molecule has 91 heavy (non-hydrogen) atoms. The second-order valence-corrected chi connectivity index (χ2v) is 26.1. The van der Waals surface area contributed by atoms with Crippen LogP contribution in [0.4, 0.5) is 0 Å². The van der Waals surface area contributed by atoms with Crippen molar-refractivity contribution in [1.82, 2.24) is 19.1 Å². The van der Waals surface area contributed by atoms with Gasteiger partial charge in [-0.3, -0.25) is 0 Å². The van der Waals surface area contributed by atoms with E-state index >= 15 is 0 Å². The van der Waals surface area contributed by atoms with E-state index in [9.17, 15) is 0 Å². The molecule has 4 heteroatoms. The second-order valence-electron chi connectivity index (χ2n) is 26.1. The normalized spacial score (nSPS) is 14.1. The van der Waals surface area contributed by atoms with E-state index in [2.05, 4.69) is 311 Å². The van der Waals surface area contributed by atoms with Crippen LogP contribution in [0.3, 0.4) is 0 Å². The van der Waals surface area contributed by atoms with E-state index in [1.165, 1.54) is 138 Å². The van der Waals surface area contributed by atoms with E-state index in [1.807, 2.05) is 12.2 Å². The zero-order valence-electron chi connectivity index (χ0n) is 51.5. The Labute approximate surface area is 529 Å². The first-order valence-corrected chi connectivity index (χ1v) is 31.7. The van der Waals surface area contributed by atoms with Crippen LogP contribution < -0.4 is 0 Å². The Balaban J connectivity index is 0.686. The summed E-state index contributed by atoms with van der Waals surface area (Å²) in [6, 6.07) is 94.5. The minimum Gasteiger partial charge on any atom is -0.309 e. The monoisotopic (exact) mass is 1160 g/mol. The van der Waals surface area contributed by atoms with Crippen molar-refractivity contribution in [3.8, 4) is 101 Å². The molecule has 3 aromatic heterocycles. The van der Waals surface area contributed by atoms with Crippen LogP contribution in [0.25, 0.3) is 161 Å². The van der Waals surface area contributed by atoms with Crippen molar-refractivity contribution >= 4 is 60.0 Å². The topological polar surface area (TPSA) is 35.6 Å². The van der Waals surface area contributed by atoms with Crippen LogP contribution in [0.1, 0.15) is 56.9 Å². The van der Waals surface area contributed by atoms with Crippen LogP contribution in [0.15, 0.2) is 285 Å². The Morgan fingerprint density at radius 3 is 1.51 bits per heavy atom. The standard InChI is InChI=1S/C87H62N4/c1-7-8-21-62-52(2)86(3,4)75-50-60(40-42-65(62)75)90-77-28-16-13-23-67(77)73-49-59(39-47-79(73)90)54-32-36-56(37-33-54)83-82-70-45-44-63(69-25-18-26-71(81(69)70)84(82)89-85(88-83)57-19-10-9-11-20-57)55-34-30-53(31-35-55)58-38-46-80-72(48-58)68-24-14-17-29-78(68)91(80)61-41-43-66-64-22-12-15-27-74(64)87(5,6)76(66)51-61/h7-51H,1H2,2-6H3/b21-8-. The highest BCUT2D eigenvalue weighted by Crippen LogP contribution is 2.54. The highest BCUT2D eigenvalue weighted by atomic mass is 15.0. The first kappa shape index (κ1) is 52.9. The largest absolute Gasteiger partial charge is 0.309 e. The maximum atomic E-state index is 5.49. The highest BCUT2D eigenvalue weighted by Gasteiger charge is 2.37. The van der Waals surface area contributed by atoms with Crippen LogP contribution in [0.2, 0.25) is 0 Å². The minimum atomic E-state index is -0.0998. The Morgan fingerprint density at radius 1 is 0.352 bits per heavy atom. The van der Waals surface area contributed by atoms with E-state index in [4.69, 9.17) is 9.97 Å². The highest BCUT2D eigenvalue weighted by molar-refractivity contribution is 6.20. The lowest BCUT2D eigenvalue weighted by molar-refractivity contribution is 0.638. The smallest absolute Gasteiger partial charge is 0.160 e. The van der Waals surface area contributed by atoms with Gasteiger partial charge in [-0.2, -0.15) is 0 Å². The van der Waals surface area contributed by atoms with Gasteiger partial charge in [0.05, 0.1) is 33.5 Å². The summed E-state index contributed by atoms with van der Waals surface area (Å²) in [5.41, 5.74) is 32.0. The molecule has 15 aromatic rings. The number of hydrogen-bond donors (Lipinski definition) is 0. The summed E-state index contributed by atoms with van der Waals surface area (Å²) in [5.74, 6) is 0.713. The summed E-state index contributed by atoms with van der Waals surface area (Å²) >= 11 is 0. The average Bonchev–Trinajstić information content (AvgIpc) is 1.65. The Hall–Kier alpha value is -11.2. The molecule has 0 amide bonds. The molecule has 4 nitrogen and oxygen atoms in total. The predicted molar refractivity (Wildman–Crippen MR) is 382 cm³/mol. The number of aromatic nitrogens is 4. The molecule has 0 fully saturated rings. The first-order chi connectivity index (χ1) is 44.5. The first-order valence-electron chi connectivity index (χ1n) is 31.7. The number of nitrogens with zero attached hydrogens (tertiary/aromatic N) is 4. The van der Waals surface area contributed by atoms with Gasteiger partial charge in [0.1, 0.15) is 0 Å². The van der Waals surface area contributed by atoms with Gasteiger partial charge in [0.25, 0.3) is 0 Å². The molecule has 0 radical (unpaired) electrons. The molecule has 18 rings (SSSR count). The van der Waals surface area contributed by atoms with Crippen LogP contribution >= 0.6 is 0 Å². The van der Waals surface area contributed by atoms with Gasteiger partial charge in [0, 0.05) is 66.0 Å². The summed E-state index contributed by atoms with van der Waals surface area (Å²) < 4.78 is 4.89. The lowest BCUT2D eigenvalue weighted by Gasteiger charge is -2.23. The van der Waals surface area contributed by atoms with Crippen LogP contribution in [-0.2, 0) is 10.8 Å². The summed E-state index contributed by atoms with van der Waals surface area (Å²) in [7, 11) is 0. The molecule has 0 spiro atoms. The summed E-state index contributed by atoms with van der Waals surface area (Å²) in [6.45, 7) is 15.6. The third-order valence-electron chi connectivity index (χ3n) is 20.7. The summed E-state index contributed by atoms with van der Waals surface area (Å²) in [4.78, 5) is 10.9. The van der Waals surface area contributed by atoms with E-state index < -0.39 is 0 Å². The van der Waals surface area contributed by atoms with Gasteiger partial charge in [0.15, 0.2) is 5.82 Å². The van der Waals surface area contributed by atoms with Crippen molar-refractivity contribution in [3.63, 3.8) is 0 Å². The molecule has 0 N–H and O–H groups in total. The summed E-state index contributed by atoms with van der Waals surface area (Å²) in [6.07, 6.45) is 6.11. The Bertz CT molecular complexity index is 5700. The van der Waals surface area contributed by atoms with E-state index in [-0.39, 0.29) is 10.8 Å². The van der Waals surface area contributed by atoms with Crippen molar-refractivity contribution < 1.29 is 0 Å². The number of para-hydroxylation sites is 2. The molecule has 0 unspecified atom stereocenters. The fourth-order valence-electron chi connectivity index (χ4n) is 15.8. The van der Waals surface area contributed by atoms with Gasteiger partial charge in [-0.25, -0.2) is 9.97 Å². The predicted octanol–water partition coefficient (Wildman–Crippen LogP) is 22.9. The van der Waals surface area contributed by atoms with Crippen LogP contribution in [0, 0.1) is 0 Å². The average molecular weight is 1160 g/mol. The maximum Gasteiger partial charge on any atom is 0.160 e. The van der Waals surface area contributed by atoms with Gasteiger partial charge >= 0.3 is 0 Å². The molecular formula is C87H62N4. The number of benzene rings is 12. The number of hydrogen-bond acceptors (Lipinski definition) is 2. The van der Waals surface area contributed by atoms with Gasteiger partial charge in [-0.1, -0.05) is 252 Å². The van der Waals surface area contributed by atoms with Crippen LogP contribution in [0.5, 0.6) is 0 Å². The number of fused-ring (bicyclic) bond motifs is 13. The molecule has 0 bridgehead atoms. The minimum absolute atomic E-state index is 0.0846. The van der Waals surface area contributed by atoms with E-state index in [0.29, 0.717) is 5.82 Å². The third kappa shape index (κ3) is 7.76. The van der Waals surface area contributed by atoms with Gasteiger partial charge in [-0.05, 0) is 156 Å². The molecular weight excluding hydrogens is 1100 g/mol. The molecule has 0 aliphatic heterocycles. The molecule has 0 saturated carbocycles. The molecule has 430 valence electrons. The molecule has 12 aromatic carbocycles. The number of rotatable bonds is 9.